The molecule has 0 aromatic carbocycles. The van der Waals surface area contributed by atoms with Crippen LogP contribution in [-0.4, -0.2) is 35.5 Å². The minimum Gasteiger partial charge on any atom is -0.390 e. The van der Waals surface area contributed by atoms with Crippen molar-refractivity contribution >= 4 is 10.0 Å². The number of hydrogen-bond acceptors (Lipinski definition) is 3. The van der Waals surface area contributed by atoms with Crippen molar-refractivity contribution in [3.63, 3.8) is 0 Å². The highest BCUT2D eigenvalue weighted by Gasteiger charge is 2.25. The van der Waals surface area contributed by atoms with Gasteiger partial charge in [-0.25, -0.2) is 8.42 Å². The molecule has 0 spiro atoms. The highest BCUT2D eigenvalue weighted by molar-refractivity contribution is 7.89. The molecule has 0 bridgehead atoms. The summed E-state index contributed by atoms with van der Waals surface area (Å²) >= 11 is 0. The van der Waals surface area contributed by atoms with Crippen LogP contribution in [0.4, 0.5) is 0 Å². The molecule has 0 aliphatic carbocycles. The van der Waals surface area contributed by atoms with Crippen LogP contribution in [0.2, 0.25) is 0 Å². The second-order valence-corrected chi connectivity index (χ2v) is 6.90. The first-order valence-electron chi connectivity index (χ1n) is 6.66. The summed E-state index contributed by atoms with van der Waals surface area (Å²) in [7, 11) is -3.47. The molecule has 1 rings (SSSR count). The zero-order chi connectivity index (χ0) is 14.6. The van der Waals surface area contributed by atoms with Crippen LogP contribution in [-0.2, 0) is 23.2 Å². The van der Waals surface area contributed by atoms with E-state index in [0.29, 0.717) is 25.3 Å². The molecule has 1 aromatic heterocycles. The van der Waals surface area contributed by atoms with E-state index in [1.165, 1.54) is 4.31 Å². The van der Waals surface area contributed by atoms with Crippen LogP contribution in [0.3, 0.4) is 0 Å². The molecule has 0 fully saturated rings. The smallest absolute Gasteiger partial charge is 0.244 e. The van der Waals surface area contributed by atoms with Crippen LogP contribution in [0.15, 0.2) is 17.2 Å². The fourth-order valence-corrected chi connectivity index (χ4v) is 3.72. The first kappa shape index (κ1) is 16.2. The molecule has 0 aliphatic rings. The Bertz CT molecular complexity index is 484. The Balaban J connectivity index is 3.14. The Hall–Kier alpha value is -0.850. The molecule has 0 aliphatic heterocycles. The van der Waals surface area contributed by atoms with Crippen molar-refractivity contribution in [3.05, 3.63) is 18.0 Å². The summed E-state index contributed by atoms with van der Waals surface area (Å²) in [6.07, 6.45) is 1.60. The molecule has 0 amide bonds. The third kappa shape index (κ3) is 3.58. The Morgan fingerprint density at radius 3 is 2.37 bits per heavy atom. The molecule has 0 radical (unpaired) electrons. The van der Waals surface area contributed by atoms with Crippen molar-refractivity contribution < 1.29 is 13.5 Å². The second-order valence-electron chi connectivity index (χ2n) is 4.96. The van der Waals surface area contributed by atoms with Crippen molar-refractivity contribution in [2.45, 2.75) is 45.7 Å². The molecule has 1 aromatic rings. The highest BCUT2D eigenvalue weighted by Crippen LogP contribution is 2.20. The van der Waals surface area contributed by atoms with Gasteiger partial charge >= 0.3 is 0 Å². The molecule has 0 saturated heterocycles. The second kappa shape index (κ2) is 6.54. The average Bonchev–Trinajstić information content (AvgIpc) is 2.79. The van der Waals surface area contributed by atoms with Gasteiger partial charge in [-0.1, -0.05) is 20.8 Å². The standard InChI is InChI=1S/C13H24N2O3S/c1-5-14-9-13(7-12(14)10-16)19(17,18)15(6-2)8-11(3)4/h7,9,11,16H,5-6,8,10H2,1-4H3. The molecule has 110 valence electrons. The Kier molecular flexibility index (Phi) is 5.58. The fraction of sp³-hybridized carbons (Fsp3) is 0.692. The van der Waals surface area contributed by atoms with Gasteiger partial charge in [-0.3, -0.25) is 0 Å². The van der Waals surface area contributed by atoms with Crippen molar-refractivity contribution in [2.75, 3.05) is 13.1 Å². The van der Waals surface area contributed by atoms with Crippen LogP contribution in [0.25, 0.3) is 0 Å². The van der Waals surface area contributed by atoms with Gasteiger partial charge < -0.3 is 9.67 Å². The average molecular weight is 288 g/mol. The molecule has 5 nitrogen and oxygen atoms in total. The molecule has 0 saturated carbocycles. The van der Waals surface area contributed by atoms with Crippen molar-refractivity contribution in [2.24, 2.45) is 5.92 Å². The Morgan fingerprint density at radius 2 is 2.00 bits per heavy atom. The van der Waals surface area contributed by atoms with E-state index >= 15 is 0 Å². The van der Waals surface area contributed by atoms with E-state index in [1.54, 1.807) is 16.8 Å². The zero-order valence-electron chi connectivity index (χ0n) is 12.1. The van der Waals surface area contributed by atoms with E-state index in [2.05, 4.69) is 0 Å². The van der Waals surface area contributed by atoms with Gasteiger partial charge in [0, 0.05) is 31.5 Å². The van der Waals surface area contributed by atoms with Crippen LogP contribution in [0.5, 0.6) is 0 Å². The molecule has 19 heavy (non-hydrogen) atoms. The number of nitrogens with zero attached hydrogens (tertiary/aromatic N) is 2. The minimum atomic E-state index is -3.47. The van der Waals surface area contributed by atoms with Gasteiger partial charge in [0.15, 0.2) is 0 Å². The number of sulfonamides is 1. The van der Waals surface area contributed by atoms with Gasteiger partial charge in [0.2, 0.25) is 10.0 Å². The maximum atomic E-state index is 12.5. The molecule has 6 heteroatoms. The lowest BCUT2D eigenvalue weighted by Crippen LogP contribution is -2.33. The van der Waals surface area contributed by atoms with Gasteiger partial charge in [0.25, 0.3) is 0 Å². The molecular formula is C13H24N2O3S. The van der Waals surface area contributed by atoms with Crippen molar-refractivity contribution in [1.82, 2.24) is 8.87 Å². The van der Waals surface area contributed by atoms with Crippen LogP contribution in [0.1, 0.15) is 33.4 Å². The number of aromatic nitrogens is 1. The first-order chi connectivity index (χ1) is 8.86. The maximum Gasteiger partial charge on any atom is 0.244 e. The normalized spacial score (nSPS) is 12.6. The summed E-state index contributed by atoms with van der Waals surface area (Å²) in [5, 5.41) is 9.24. The summed E-state index contributed by atoms with van der Waals surface area (Å²) < 4.78 is 28.3. The highest BCUT2D eigenvalue weighted by atomic mass is 32.2. The van der Waals surface area contributed by atoms with E-state index < -0.39 is 10.0 Å². The Morgan fingerprint density at radius 1 is 1.37 bits per heavy atom. The summed E-state index contributed by atoms with van der Waals surface area (Å²) in [5.41, 5.74) is 0.627. The van der Waals surface area contributed by atoms with Crippen LogP contribution in [0, 0.1) is 5.92 Å². The minimum absolute atomic E-state index is 0.153. The van der Waals surface area contributed by atoms with E-state index in [1.807, 2.05) is 27.7 Å². The molecule has 1 heterocycles. The lowest BCUT2D eigenvalue weighted by Gasteiger charge is -2.21. The lowest BCUT2D eigenvalue weighted by molar-refractivity contribution is 0.271. The van der Waals surface area contributed by atoms with E-state index in [-0.39, 0.29) is 17.4 Å². The van der Waals surface area contributed by atoms with Gasteiger partial charge in [-0.2, -0.15) is 4.31 Å². The maximum absolute atomic E-state index is 12.5. The zero-order valence-corrected chi connectivity index (χ0v) is 12.9. The van der Waals surface area contributed by atoms with E-state index in [4.69, 9.17) is 0 Å². The van der Waals surface area contributed by atoms with E-state index in [9.17, 15) is 13.5 Å². The number of hydrogen-bond donors (Lipinski definition) is 1. The Labute approximate surface area is 115 Å². The fourth-order valence-electron chi connectivity index (χ4n) is 2.05. The molecule has 1 N–H and O–H groups in total. The molecule has 0 unspecified atom stereocenters. The van der Waals surface area contributed by atoms with Crippen molar-refractivity contribution in [1.29, 1.82) is 0 Å². The summed E-state index contributed by atoms with van der Waals surface area (Å²) in [6.45, 7) is 9.19. The predicted molar refractivity (Wildman–Crippen MR) is 75.3 cm³/mol. The summed E-state index contributed by atoms with van der Waals surface area (Å²) in [6, 6.07) is 1.56. The van der Waals surface area contributed by atoms with Crippen LogP contribution >= 0.6 is 0 Å². The SMILES string of the molecule is CCN(CC(C)C)S(=O)(=O)c1cc(CO)n(CC)c1. The number of rotatable bonds is 7. The largest absolute Gasteiger partial charge is 0.390 e. The molecule has 0 atom stereocenters. The quantitative estimate of drug-likeness (QED) is 0.830. The summed E-state index contributed by atoms with van der Waals surface area (Å²) in [4.78, 5) is 0.265. The molecular weight excluding hydrogens is 264 g/mol. The topological polar surface area (TPSA) is 62.5 Å². The van der Waals surface area contributed by atoms with Gasteiger partial charge in [-0.05, 0) is 18.9 Å². The third-order valence-corrected chi connectivity index (χ3v) is 4.93. The van der Waals surface area contributed by atoms with Gasteiger partial charge in [0.1, 0.15) is 4.90 Å². The van der Waals surface area contributed by atoms with Crippen molar-refractivity contribution in [3.8, 4) is 0 Å². The first-order valence-corrected chi connectivity index (χ1v) is 8.10. The number of aliphatic hydroxyl groups excluding tert-OH is 1. The summed E-state index contributed by atoms with van der Waals surface area (Å²) in [5.74, 6) is 0.278. The van der Waals surface area contributed by atoms with Crippen LogP contribution < -0.4 is 0 Å². The van der Waals surface area contributed by atoms with Gasteiger partial charge in [-0.15, -0.1) is 0 Å². The van der Waals surface area contributed by atoms with E-state index in [0.717, 1.165) is 0 Å². The monoisotopic (exact) mass is 288 g/mol. The number of aryl methyl sites for hydroxylation is 1. The number of aliphatic hydroxyl groups is 1. The third-order valence-electron chi connectivity index (χ3n) is 3.02. The predicted octanol–water partition coefficient (Wildman–Crippen LogP) is 1.67. The van der Waals surface area contributed by atoms with Gasteiger partial charge in [0.05, 0.1) is 6.61 Å². The lowest BCUT2D eigenvalue weighted by atomic mass is 10.2.